The smallest absolute Gasteiger partial charge is 0.313 e. The number of ketones is 3. The largest absolute Gasteiger partial charge is 0.469 e. The van der Waals surface area contributed by atoms with Gasteiger partial charge in [0, 0.05) is 43.9 Å². The molecule has 0 unspecified atom stereocenters. The van der Waals surface area contributed by atoms with E-state index < -0.39 is 65.1 Å². The molecule has 0 saturated carbocycles. The summed E-state index contributed by atoms with van der Waals surface area (Å²) in [5.74, 6) is -4.85. The molecule has 1 saturated heterocycles. The minimum atomic E-state index is -1.71. The SMILES string of the molecule is COC(=O)[C@]12CC(=O)/C=C(/C)CC/C=C(\C)C(=O)C[C@@H](C(C)C)C(=O)[C@@H]1CC(C)=C1C[C@H](OC(C)=O)[C@H](O)[C@H]3CC[C@@](C)(O)[C@H](CC/C(C)=C/[C@@H]12)O3. The number of allylic oxidation sites excluding steroid dienone is 7. The number of ether oxygens (including phenoxy) is 3. The van der Waals surface area contributed by atoms with Crippen molar-refractivity contribution in [2.45, 2.75) is 150 Å². The number of hydrogen-bond donors (Lipinski definition) is 2. The summed E-state index contributed by atoms with van der Waals surface area (Å²) in [4.78, 5) is 70.1. The third-order valence-corrected chi connectivity index (χ3v) is 12.1. The van der Waals surface area contributed by atoms with Gasteiger partial charge in [-0.15, -0.1) is 0 Å². The second-order valence-electron chi connectivity index (χ2n) is 16.5. The average molecular weight is 725 g/mol. The molecule has 4 rings (SSSR count). The van der Waals surface area contributed by atoms with Gasteiger partial charge in [0.15, 0.2) is 11.6 Å². The van der Waals surface area contributed by atoms with Crippen molar-refractivity contribution >= 4 is 29.3 Å². The number of methoxy groups -OCH3 is 1. The highest BCUT2D eigenvalue weighted by atomic mass is 16.6. The molecule has 4 aliphatic rings. The van der Waals surface area contributed by atoms with Crippen LogP contribution >= 0.6 is 0 Å². The van der Waals surface area contributed by atoms with E-state index in [2.05, 4.69) is 0 Å². The Morgan fingerprint density at radius 3 is 2.33 bits per heavy atom. The van der Waals surface area contributed by atoms with Crippen LogP contribution in [0, 0.1) is 29.1 Å². The molecule has 10 nitrogen and oxygen atoms in total. The highest BCUT2D eigenvalue weighted by Crippen LogP contribution is 2.56. The van der Waals surface area contributed by atoms with E-state index in [4.69, 9.17) is 14.2 Å². The van der Waals surface area contributed by atoms with Crippen molar-refractivity contribution in [3.8, 4) is 0 Å². The van der Waals surface area contributed by atoms with E-state index >= 15 is 4.79 Å². The van der Waals surface area contributed by atoms with E-state index in [1.165, 1.54) is 20.1 Å². The number of aliphatic hydroxyl groups is 2. The van der Waals surface area contributed by atoms with Crippen molar-refractivity contribution in [3.05, 3.63) is 46.1 Å². The zero-order valence-corrected chi connectivity index (χ0v) is 32.6. The van der Waals surface area contributed by atoms with Crippen molar-refractivity contribution in [2.24, 2.45) is 29.1 Å². The fraction of sp³-hybridized carbons (Fsp3) is 0.690. The van der Waals surface area contributed by atoms with E-state index in [1.54, 1.807) is 13.8 Å². The van der Waals surface area contributed by atoms with Gasteiger partial charge in [-0.3, -0.25) is 24.0 Å². The van der Waals surface area contributed by atoms with E-state index in [9.17, 15) is 29.4 Å². The van der Waals surface area contributed by atoms with E-state index in [0.717, 1.165) is 16.7 Å². The molecule has 9 atom stereocenters. The molecule has 1 fully saturated rings. The fourth-order valence-electron chi connectivity index (χ4n) is 8.96. The summed E-state index contributed by atoms with van der Waals surface area (Å²) < 4.78 is 17.7. The summed E-state index contributed by atoms with van der Waals surface area (Å²) in [7, 11) is 1.26. The lowest BCUT2D eigenvalue weighted by Gasteiger charge is -2.49. The van der Waals surface area contributed by atoms with Crippen LogP contribution in [0.15, 0.2) is 46.1 Å². The van der Waals surface area contributed by atoms with Crippen LogP contribution < -0.4 is 0 Å². The van der Waals surface area contributed by atoms with Gasteiger partial charge in [-0.1, -0.05) is 48.3 Å². The Bertz CT molecular complexity index is 1540. The Morgan fingerprint density at radius 2 is 1.69 bits per heavy atom. The zero-order valence-electron chi connectivity index (χ0n) is 32.6. The van der Waals surface area contributed by atoms with Crippen LogP contribution in [0.5, 0.6) is 0 Å². The molecule has 10 heteroatoms. The van der Waals surface area contributed by atoms with Crippen LogP contribution in [0.4, 0.5) is 0 Å². The van der Waals surface area contributed by atoms with Gasteiger partial charge in [-0.2, -0.15) is 0 Å². The van der Waals surface area contributed by atoms with Crippen LogP contribution in [0.2, 0.25) is 0 Å². The molecule has 0 aromatic carbocycles. The molecular weight excluding hydrogens is 664 g/mol. The fourth-order valence-corrected chi connectivity index (χ4v) is 8.96. The maximum atomic E-state index is 15.1. The number of hydrogen-bond acceptors (Lipinski definition) is 10. The van der Waals surface area contributed by atoms with Gasteiger partial charge in [0.2, 0.25) is 0 Å². The standard InChI is InChI=1S/C42H60O10/c1-23(2)30-20-34(45)26(5)12-10-11-24(3)17-29(44)22-42(40(48)50-9)32-18-25(4)13-14-37-41(8,49)16-15-35(52-37)39(47)36(51-28(7)43)21-31(32)27(6)19-33(42)38(30)46/h12,17-18,23,30,32-33,35-37,39,47,49H,10-11,13-16,19-22H2,1-9H3/b24-17-,25-18+,26-12+/t30-,32-,33-,35+,36-,37-,39+,41+,42-/m0/s1. The number of rotatable bonds is 3. The minimum Gasteiger partial charge on any atom is -0.469 e. The maximum Gasteiger partial charge on any atom is 0.313 e. The number of carbonyl (C=O) groups excluding carboxylic acids is 5. The molecule has 2 N–H and O–H groups in total. The summed E-state index contributed by atoms with van der Waals surface area (Å²) in [6.45, 7) is 14.2. The first kappa shape index (κ1) is 41.5. The molecule has 2 aliphatic heterocycles. The molecule has 0 spiro atoms. The van der Waals surface area contributed by atoms with Crippen molar-refractivity contribution in [1.82, 2.24) is 0 Å². The molecular formula is C42H60O10. The summed E-state index contributed by atoms with van der Waals surface area (Å²) in [5, 5.41) is 23.1. The summed E-state index contributed by atoms with van der Waals surface area (Å²) in [6.07, 6.45) is 4.11. The highest BCUT2D eigenvalue weighted by molar-refractivity contribution is 6.01. The first-order valence-electron chi connectivity index (χ1n) is 18.9. The minimum absolute atomic E-state index is 0.0146. The van der Waals surface area contributed by atoms with Gasteiger partial charge in [-0.25, -0.2) is 0 Å². The Kier molecular flexibility index (Phi) is 13.5. The topological polar surface area (TPSA) is 154 Å². The van der Waals surface area contributed by atoms with Crippen LogP contribution in [-0.4, -0.2) is 76.6 Å². The summed E-state index contributed by atoms with van der Waals surface area (Å²) >= 11 is 0. The zero-order chi connectivity index (χ0) is 38.7. The third-order valence-electron chi connectivity index (χ3n) is 12.1. The average Bonchev–Trinajstić information content (AvgIpc) is 3.06. The predicted octanol–water partition coefficient (Wildman–Crippen LogP) is 6.27. The lowest BCUT2D eigenvalue weighted by molar-refractivity contribution is -0.209. The second-order valence-corrected chi connectivity index (χ2v) is 16.5. The lowest BCUT2D eigenvalue weighted by atomic mass is 9.52. The van der Waals surface area contributed by atoms with Crippen LogP contribution in [0.1, 0.15) is 120 Å². The van der Waals surface area contributed by atoms with Crippen molar-refractivity contribution < 1.29 is 48.4 Å². The summed E-state index contributed by atoms with van der Waals surface area (Å²) in [5.41, 5.74) is 0.798. The molecule has 0 radical (unpaired) electrons. The third kappa shape index (κ3) is 8.93. The number of esters is 2. The second kappa shape index (κ2) is 16.9. The maximum absolute atomic E-state index is 15.1. The van der Waals surface area contributed by atoms with Crippen molar-refractivity contribution in [1.29, 1.82) is 0 Å². The molecule has 2 heterocycles. The van der Waals surface area contributed by atoms with Gasteiger partial charge < -0.3 is 24.4 Å². The Hall–Kier alpha value is -3.21. The number of carbonyl (C=O) groups is 5. The van der Waals surface area contributed by atoms with Crippen molar-refractivity contribution in [3.63, 3.8) is 0 Å². The van der Waals surface area contributed by atoms with E-state index in [1.807, 2.05) is 46.8 Å². The van der Waals surface area contributed by atoms with Crippen LogP contribution in [-0.2, 0) is 38.2 Å². The molecule has 52 heavy (non-hydrogen) atoms. The van der Waals surface area contributed by atoms with Crippen LogP contribution in [0.25, 0.3) is 0 Å². The van der Waals surface area contributed by atoms with Gasteiger partial charge in [0.1, 0.15) is 18.0 Å². The first-order chi connectivity index (χ1) is 24.3. The number of Topliss-reactive ketones (excluding diaryl/α,β-unsaturated/α-hetero) is 2. The number of fused-ring (bicyclic) bond motifs is 5. The van der Waals surface area contributed by atoms with Gasteiger partial charge in [-0.05, 0) is 97.1 Å². The molecule has 2 bridgehead atoms. The number of aliphatic hydroxyl groups excluding tert-OH is 1. The quantitative estimate of drug-likeness (QED) is 0.252. The molecule has 0 amide bonds. The molecule has 0 aromatic rings. The first-order valence-corrected chi connectivity index (χ1v) is 18.9. The predicted molar refractivity (Wildman–Crippen MR) is 196 cm³/mol. The van der Waals surface area contributed by atoms with Gasteiger partial charge >= 0.3 is 11.9 Å². The van der Waals surface area contributed by atoms with Gasteiger partial charge in [0.25, 0.3) is 0 Å². The Labute approximate surface area is 309 Å². The molecule has 2 aliphatic carbocycles. The molecule has 0 aromatic heterocycles. The normalized spacial score (nSPS) is 38.8. The monoisotopic (exact) mass is 724 g/mol. The Morgan fingerprint density at radius 1 is 1.00 bits per heavy atom. The summed E-state index contributed by atoms with van der Waals surface area (Å²) in [6, 6.07) is 0. The van der Waals surface area contributed by atoms with Gasteiger partial charge in [0.05, 0.1) is 30.3 Å². The molecule has 288 valence electrons. The lowest BCUT2D eigenvalue weighted by Crippen LogP contribution is -2.55. The highest BCUT2D eigenvalue weighted by Gasteiger charge is 2.60. The van der Waals surface area contributed by atoms with E-state index in [-0.39, 0.29) is 49.0 Å². The Balaban J connectivity index is 2.03. The van der Waals surface area contributed by atoms with Crippen molar-refractivity contribution in [2.75, 3.05) is 7.11 Å². The van der Waals surface area contributed by atoms with Crippen LogP contribution in [0.3, 0.4) is 0 Å². The van der Waals surface area contributed by atoms with E-state index in [0.29, 0.717) is 49.7 Å².